The Labute approximate surface area is 257 Å². The summed E-state index contributed by atoms with van der Waals surface area (Å²) in [5, 5.41) is 5.05. The lowest BCUT2D eigenvalue weighted by Gasteiger charge is -2.33. The molecule has 2 aliphatic heterocycles. The third kappa shape index (κ3) is 6.38. The first kappa shape index (κ1) is 30.9. The van der Waals surface area contributed by atoms with Crippen LogP contribution in [0.2, 0.25) is 5.02 Å². The SMILES string of the molecule is CCOC(=O)CC1CCN(C(=O)CC2OC(c3cccc(OC)c3OC)c3cc(Cl)ccc3-c3c2noc3C(C)C)CC1. The number of ether oxygens (including phenoxy) is 4. The van der Waals surface area contributed by atoms with Gasteiger partial charge in [-0.2, -0.15) is 0 Å². The van der Waals surface area contributed by atoms with Crippen molar-refractivity contribution in [2.45, 2.75) is 64.6 Å². The molecule has 43 heavy (non-hydrogen) atoms. The van der Waals surface area contributed by atoms with Crippen LogP contribution in [0.3, 0.4) is 0 Å². The number of rotatable bonds is 9. The van der Waals surface area contributed by atoms with Crippen LogP contribution in [0, 0.1) is 5.92 Å². The topological polar surface area (TPSA) is 100 Å². The van der Waals surface area contributed by atoms with Gasteiger partial charge in [-0.15, -0.1) is 0 Å². The normalized spacial score (nSPS) is 18.5. The van der Waals surface area contributed by atoms with Gasteiger partial charge >= 0.3 is 5.97 Å². The zero-order valence-corrected chi connectivity index (χ0v) is 26.1. The Balaban J connectivity index is 1.51. The highest BCUT2D eigenvalue weighted by Gasteiger charge is 2.39. The van der Waals surface area contributed by atoms with Gasteiger partial charge in [0.15, 0.2) is 11.5 Å². The molecule has 9 nitrogen and oxygen atoms in total. The van der Waals surface area contributed by atoms with Crippen molar-refractivity contribution in [1.82, 2.24) is 10.1 Å². The fourth-order valence-electron chi connectivity index (χ4n) is 6.11. The number of methoxy groups -OCH3 is 2. The number of hydrogen-bond donors (Lipinski definition) is 0. The lowest BCUT2D eigenvalue weighted by Crippen LogP contribution is -2.39. The standard InChI is InChI=1S/C33H39ClN2O7/c1-6-41-28(38)16-20-12-14-36(15-13-20)27(37)18-26-30-29(31(19(2)3)43-35-30)22-11-10-21(34)17-24(22)32(42-26)23-8-7-9-25(39-4)33(23)40-5/h7-11,17,19-20,26,32H,6,12-16,18H2,1-5H3. The first-order valence-electron chi connectivity index (χ1n) is 14.8. The van der Waals surface area contributed by atoms with Gasteiger partial charge in [0, 0.05) is 36.0 Å². The maximum atomic E-state index is 13.8. The van der Waals surface area contributed by atoms with Gasteiger partial charge in [-0.1, -0.05) is 48.8 Å². The third-order valence-electron chi connectivity index (χ3n) is 8.24. The lowest BCUT2D eigenvalue weighted by molar-refractivity contribution is -0.144. The Kier molecular flexibility index (Phi) is 9.62. The van der Waals surface area contributed by atoms with Crippen molar-refractivity contribution in [3.8, 4) is 22.6 Å². The molecule has 1 saturated heterocycles. The second-order valence-corrected chi connectivity index (χ2v) is 11.8. The molecule has 230 valence electrons. The zero-order chi connectivity index (χ0) is 30.7. The van der Waals surface area contributed by atoms with Gasteiger partial charge < -0.3 is 28.4 Å². The number of hydrogen-bond acceptors (Lipinski definition) is 8. The first-order valence-corrected chi connectivity index (χ1v) is 15.2. The van der Waals surface area contributed by atoms with Crippen LogP contribution in [0.15, 0.2) is 40.9 Å². The van der Waals surface area contributed by atoms with E-state index in [-0.39, 0.29) is 30.1 Å². The summed E-state index contributed by atoms with van der Waals surface area (Å²) in [6, 6.07) is 11.3. The van der Waals surface area contributed by atoms with Crippen molar-refractivity contribution >= 4 is 23.5 Å². The minimum Gasteiger partial charge on any atom is -0.493 e. The van der Waals surface area contributed by atoms with E-state index in [1.165, 1.54) is 0 Å². The number of esters is 1. The van der Waals surface area contributed by atoms with Crippen LogP contribution < -0.4 is 9.47 Å². The number of halogens is 1. The molecule has 1 amide bonds. The first-order chi connectivity index (χ1) is 20.7. The van der Waals surface area contributed by atoms with Gasteiger partial charge in [-0.3, -0.25) is 9.59 Å². The highest BCUT2D eigenvalue weighted by atomic mass is 35.5. The maximum Gasteiger partial charge on any atom is 0.306 e. The molecule has 1 aromatic heterocycles. The average molecular weight is 611 g/mol. The Morgan fingerprint density at radius 2 is 1.84 bits per heavy atom. The minimum absolute atomic E-state index is 0.0393. The van der Waals surface area contributed by atoms with Crippen LogP contribution in [0.25, 0.3) is 11.1 Å². The molecule has 2 aliphatic rings. The fraction of sp³-hybridized carbons (Fsp3) is 0.485. The van der Waals surface area contributed by atoms with Crippen LogP contribution in [-0.2, 0) is 19.1 Å². The van der Waals surface area contributed by atoms with E-state index in [4.69, 9.17) is 35.1 Å². The minimum atomic E-state index is -0.705. The molecular weight excluding hydrogens is 572 g/mol. The maximum absolute atomic E-state index is 13.8. The molecule has 1 fully saturated rings. The third-order valence-corrected chi connectivity index (χ3v) is 8.48. The Bertz CT molecular complexity index is 1460. The summed E-state index contributed by atoms with van der Waals surface area (Å²) in [5.74, 6) is 1.85. The smallest absolute Gasteiger partial charge is 0.306 e. The van der Waals surface area contributed by atoms with Crippen molar-refractivity contribution in [2.75, 3.05) is 33.9 Å². The van der Waals surface area contributed by atoms with Crippen molar-refractivity contribution in [3.05, 3.63) is 64.0 Å². The van der Waals surface area contributed by atoms with Crippen molar-refractivity contribution in [1.29, 1.82) is 0 Å². The van der Waals surface area contributed by atoms with E-state index in [0.717, 1.165) is 40.9 Å². The van der Waals surface area contributed by atoms with E-state index in [9.17, 15) is 9.59 Å². The molecule has 0 N–H and O–H groups in total. The number of benzene rings is 2. The van der Waals surface area contributed by atoms with Crippen LogP contribution in [0.1, 0.15) is 87.2 Å². The van der Waals surface area contributed by atoms with E-state index in [1.54, 1.807) is 21.1 Å². The predicted molar refractivity (Wildman–Crippen MR) is 161 cm³/mol. The second-order valence-electron chi connectivity index (χ2n) is 11.3. The molecule has 3 aromatic rings. The van der Waals surface area contributed by atoms with E-state index >= 15 is 0 Å². The van der Waals surface area contributed by atoms with Gasteiger partial charge in [0.25, 0.3) is 0 Å². The molecule has 10 heteroatoms. The number of nitrogens with zero attached hydrogens (tertiary/aromatic N) is 2. The number of amides is 1. The molecule has 2 atom stereocenters. The summed E-state index contributed by atoms with van der Waals surface area (Å²) >= 11 is 6.56. The van der Waals surface area contributed by atoms with Gasteiger partial charge in [0.05, 0.1) is 32.8 Å². The number of para-hydroxylation sites is 1. The van der Waals surface area contributed by atoms with Gasteiger partial charge in [-0.25, -0.2) is 0 Å². The van der Waals surface area contributed by atoms with Gasteiger partial charge in [0.1, 0.15) is 23.7 Å². The molecule has 0 bridgehead atoms. The quantitative estimate of drug-likeness (QED) is 0.242. The molecular formula is C33H39ClN2O7. The molecule has 5 rings (SSSR count). The summed E-state index contributed by atoms with van der Waals surface area (Å²) in [5.41, 5.74) is 3.86. The van der Waals surface area contributed by atoms with Crippen LogP contribution in [-0.4, -0.2) is 55.8 Å². The van der Waals surface area contributed by atoms with Crippen LogP contribution in [0.4, 0.5) is 0 Å². The summed E-state index contributed by atoms with van der Waals surface area (Å²) in [7, 11) is 3.18. The number of piperidine rings is 1. The number of fused-ring (bicyclic) bond motifs is 3. The fourth-order valence-corrected chi connectivity index (χ4v) is 6.30. The van der Waals surface area contributed by atoms with E-state index in [1.807, 2.05) is 55.1 Å². The predicted octanol–water partition coefficient (Wildman–Crippen LogP) is 6.88. The molecule has 0 radical (unpaired) electrons. The number of carbonyl (C=O) groups is 2. The number of aromatic nitrogens is 1. The summed E-state index contributed by atoms with van der Waals surface area (Å²) in [6.45, 7) is 7.42. The highest BCUT2D eigenvalue weighted by molar-refractivity contribution is 6.30. The molecule has 0 spiro atoms. The van der Waals surface area contributed by atoms with Crippen molar-refractivity contribution < 1.29 is 33.1 Å². The second kappa shape index (κ2) is 13.4. The molecule has 0 aliphatic carbocycles. The monoisotopic (exact) mass is 610 g/mol. The van der Waals surface area contributed by atoms with Crippen LogP contribution in [0.5, 0.6) is 11.5 Å². The summed E-state index contributed by atoms with van der Waals surface area (Å²) in [4.78, 5) is 27.6. The number of carbonyl (C=O) groups excluding carboxylic acids is 2. The van der Waals surface area contributed by atoms with Crippen molar-refractivity contribution in [2.24, 2.45) is 5.92 Å². The van der Waals surface area contributed by atoms with Crippen LogP contribution >= 0.6 is 11.6 Å². The average Bonchev–Trinajstić information content (AvgIpc) is 3.39. The summed E-state index contributed by atoms with van der Waals surface area (Å²) in [6.07, 6.45) is 0.605. The molecule has 2 unspecified atom stereocenters. The van der Waals surface area contributed by atoms with Gasteiger partial charge in [0.2, 0.25) is 5.91 Å². The summed E-state index contributed by atoms with van der Waals surface area (Å²) < 4.78 is 29.3. The van der Waals surface area contributed by atoms with Gasteiger partial charge in [-0.05, 0) is 55.0 Å². The van der Waals surface area contributed by atoms with Crippen molar-refractivity contribution in [3.63, 3.8) is 0 Å². The zero-order valence-electron chi connectivity index (χ0n) is 25.4. The molecule has 0 saturated carbocycles. The van der Waals surface area contributed by atoms with E-state index in [2.05, 4.69) is 5.16 Å². The Hall–Kier alpha value is -3.56. The lowest BCUT2D eigenvalue weighted by atomic mass is 9.90. The van der Waals surface area contributed by atoms with E-state index < -0.39 is 12.2 Å². The Morgan fingerprint density at radius 3 is 2.51 bits per heavy atom. The molecule has 2 aromatic carbocycles. The molecule has 3 heterocycles. The number of likely N-dealkylation sites (tertiary alicyclic amines) is 1. The largest absolute Gasteiger partial charge is 0.493 e. The Morgan fingerprint density at radius 1 is 1.07 bits per heavy atom. The van der Waals surface area contributed by atoms with E-state index in [0.29, 0.717) is 48.3 Å². The highest BCUT2D eigenvalue weighted by Crippen LogP contribution is 2.50.